The molecular weight excluding hydrogens is 359 g/mol. The van der Waals surface area contributed by atoms with E-state index >= 15 is 0 Å². The smallest absolute Gasteiger partial charge is 0.122 e. The van der Waals surface area contributed by atoms with Gasteiger partial charge in [-0.3, -0.25) is 0 Å². The molecule has 1 nitrogen and oxygen atoms in total. The van der Waals surface area contributed by atoms with Crippen molar-refractivity contribution in [3.05, 3.63) is 28.2 Å². The molecule has 0 amide bonds. The lowest BCUT2D eigenvalue weighted by Gasteiger charge is -2.53. The Hall–Kier alpha value is 0.0800. The maximum atomic E-state index is 6.23. The van der Waals surface area contributed by atoms with E-state index in [-0.39, 0.29) is 0 Å². The van der Waals surface area contributed by atoms with Crippen molar-refractivity contribution in [2.24, 2.45) is 5.41 Å². The number of ether oxygens (including phenoxy) is 1. The summed E-state index contributed by atoms with van der Waals surface area (Å²) >= 11 is 16.0. The lowest BCUT2D eigenvalue weighted by molar-refractivity contribution is -0.0461. The molecule has 1 aromatic carbocycles. The van der Waals surface area contributed by atoms with Crippen molar-refractivity contribution >= 4 is 39.1 Å². The Bertz CT molecular complexity index is 463. The fourth-order valence-corrected chi connectivity index (χ4v) is 5.25. The average molecular weight is 378 g/mol. The second-order valence-electron chi connectivity index (χ2n) is 6.06. The molecule has 1 spiro atoms. The highest BCUT2D eigenvalue weighted by molar-refractivity contribution is 9.09. The highest BCUT2D eigenvalue weighted by Crippen LogP contribution is 2.55. The SMILES string of the molecule is Clc1cc(Cl)cc(OC2CC(Br)C23CCCCCC3)c1. The van der Waals surface area contributed by atoms with Gasteiger partial charge in [0.2, 0.25) is 0 Å². The quantitative estimate of drug-likeness (QED) is 0.553. The predicted molar refractivity (Wildman–Crippen MR) is 88.3 cm³/mol. The number of halogens is 3. The Morgan fingerprint density at radius 3 is 2.15 bits per heavy atom. The summed E-state index contributed by atoms with van der Waals surface area (Å²) < 4.78 is 6.23. The van der Waals surface area contributed by atoms with E-state index < -0.39 is 0 Å². The van der Waals surface area contributed by atoms with E-state index in [0.29, 0.717) is 26.4 Å². The second kappa shape index (κ2) is 6.06. The molecule has 2 aliphatic rings. The Morgan fingerprint density at radius 1 is 1.00 bits per heavy atom. The summed E-state index contributed by atoms with van der Waals surface area (Å²) in [6.07, 6.45) is 9.25. The number of hydrogen-bond donors (Lipinski definition) is 0. The van der Waals surface area contributed by atoms with Gasteiger partial charge in [-0.1, -0.05) is 64.8 Å². The van der Waals surface area contributed by atoms with E-state index in [1.54, 1.807) is 6.07 Å². The molecule has 4 heteroatoms. The molecule has 0 aliphatic heterocycles. The standard InChI is InChI=1S/C16H19BrCl2O/c17-14-10-15(16(14)5-3-1-2-4-6-16)20-13-8-11(18)7-12(19)9-13/h7-9,14-15H,1-6,10H2. The molecule has 20 heavy (non-hydrogen) atoms. The van der Waals surface area contributed by atoms with Crippen LogP contribution < -0.4 is 4.74 Å². The van der Waals surface area contributed by atoms with Crippen LogP contribution in [-0.2, 0) is 0 Å². The van der Waals surface area contributed by atoms with Crippen LogP contribution in [0.25, 0.3) is 0 Å². The van der Waals surface area contributed by atoms with E-state index in [1.807, 2.05) is 12.1 Å². The predicted octanol–water partition coefficient (Wildman–Crippen LogP) is 6.25. The second-order valence-corrected chi connectivity index (χ2v) is 8.04. The van der Waals surface area contributed by atoms with Gasteiger partial charge >= 0.3 is 0 Å². The van der Waals surface area contributed by atoms with Crippen LogP contribution in [0.2, 0.25) is 10.0 Å². The summed E-state index contributed by atoms with van der Waals surface area (Å²) in [5.74, 6) is 0.801. The number of hydrogen-bond acceptors (Lipinski definition) is 1. The third-order valence-corrected chi connectivity index (χ3v) is 6.56. The summed E-state index contributed by atoms with van der Waals surface area (Å²) in [5.41, 5.74) is 0.311. The minimum Gasteiger partial charge on any atom is -0.490 e. The van der Waals surface area contributed by atoms with Crippen LogP contribution in [0.15, 0.2) is 18.2 Å². The van der Waals surface area contributed by atoms with Crippen LogP contribution in [0.3, 0.4) is 0 Å². The van der Waals surface area contributed by atoms with Crippen LogP contribution in [-0.4, -0.2) is 10.9 Å². The molecule has 0 heterocycles. The largest absolute Gasteiger partial charge is 0.490 e. The zero-order valence-corrected chi connectivity index (χ0v) is 14.5. The van der Waals surface area contributed by atoms with Gasteiger partial charge in [-0.15, -0.1) is 0 Å². The van der Waals surface area contributed by atoms with E-state index in [9.17, 15) is 0 Å². The molecule has 0 N–H and O–H groups in total. The van der Waals surface area contributed by atoms with Crippen LogP contribution in [0.1, 0.15) is 44.9 Å². The zero-order valence-electron chi connectivity index (χ0n) is 11.4. The van der Waals surface area contributed by atoms with Gasteiger partial charge in [0.1, 0.15) is 11.9 Å². The van der Waals surface area contributed by atoms with Gasteiger partial charge < -0.3 is 4.74 Å². The summed E-state index contributed by atoms with van der Waals surface area (Å²) in [6.45, 7) is 0. The maximum Gasteiger partial charge on any atom is 0.122 e. The van der Waals surface area contributed by atoms with Crippen molar-refractivity contribution in [1.29, 1.82) is 0 Å². The number of alkyl halides is 1. The normalized spacial score (nSPS) is 28.8. The van der Waals surface area contributed by atoms with E-state index in [1.165, 1.54) is 38.5 Å². The average Bonchev–Trinajstić information content (AvgIpc) is 2.65. The van der Waals surface area contributed by atoms with E-state index in [4.69, 9.17) is 27.9 Å². The molecule has 2 unspecified atom stereocenters. The van der Waals surface area contributed by atoms with Crippen molar-refractivity contribution < 1.29 is 4.74 Å². The first-order chi connectivity index (χ1) is 9.60. The summed E-state index contributed by atoms with van der Waals surface area (Å²) in [5, 5.41) is 1.27. The minimum atomic E-state index is 0.291. The fraction of sp³-hybridized carbons (Fsp3) is 0.625. The number of rotatable bonds is 2. The minimum absolute atomic E-state index is 0.291. The van der Waals surface area contributed by atoms with Crippen LogP contribution in [0, 0.1) is 5.41 Å². The summed E-state index contributed by atoms with van der Waals surface area (Å²) in [7, 11) is 0. The topological polar surface area (TPSA) is 9.23 Å². The van der Waals surface area contributed by atoms with Crippen molar-refractivity contribution in [3.8, 4) is 5.75 Å². The molecule has 3 rings (SSSR count). The molecule has 2 aliphatic carbocycles. The molecule has 0 aromatic heterocycles. The molecule has 2 saturated carbocycles. The van der Waals surface area contributed by atoms with Crippen LogP contribution >= 0.6 is 39.1 Å². The van der Waals surface area contributed by atoms with E-state index in [2.05, 4.69) is 15.9 Å². The van der Waals surface area contributed by atoms with Gasteiger partial charge in [-0.25, -0.2) is 0 Å². The van der Waals surface area contributed by atoms with Crippen LogP contribution in [0.4, 0.5) is 0 Å². The Balaban J connectivity index is 1.76. The van der Waals surface area contributed by atoms with Gasteiger partial charge in [-0.05, 0) is 37.5 Å². The van der Waals surface area contributed by atoms with Gasteiger partial charge in [0.25, 0.3) is 0 Å². The first kappa shape index (κ1) is 15.0. The zero-order chi connectivity index (χ0) is 14.2. The first-order valence-electron chi connectivity index (χ1n) is 7.37. The van der Waals surface area contributed by atoms with Gasteiger partial charge in [-0.2, -0.15) is 0 Å². The lowest BCUT2D eigenvalue weighted by atomic mass is 9.61. The molecule has 110 valence electrons. The summed E-state index contributed by atoms with van der Waals surface area (Å²) in [6, 6.07) is 5.46. The fourth-order valence-electron chi connectivity index (χ4n) is 3.65. The highest BCUT2D eigenvalue weighted by Gasteiger charge is 2.54. The molecule has 2 atom stereocenters. The third-order valence-electron chi connectivity index (χ3n) is 4.83. The summed E-state index contributed by atoms with van der Waals surface area (Å²) in [4.78, 5) is 0.591. The molecular formula is C16H19BrCl2O. The van der Waals surface area contributed by atoms with Crippen LogP contribution in [0.5, 0.6) is 5.75 Å². The Kier molecular flexibility index (Phi) is 4.54. The van der Waals surface area contributed by atoms with E-state index in [0.717, 1.165) is 12.2 Å². The van der Waals surface area contributed by atoms with Crippen molar-refractivity contribution in [1.82, 2.24) is 0 Å². The molecule has 0 saturated heterocycles. The lowest BCUT2D eigenvalue weighted by Crippen LogP contribution is -2.56. The molecule has 0 bridgehead atoms. The van der Waals surface area contributed by atoms with Crippen molar-refractivity contribution in [2.75, 3.05) is 0 Å². The first-order valence-corrected chi connectivity index (χ1v) is 9.04. The number of benzene rings is 1. The van der Waals surface area contributed by atoms with Gasteiger partial charge in [0, 0.05) is 20.3 Å². The molecule has 2 fully saturated rings. The Labute approximate surface area is 139 Å². The van der Waals surface area contributed by atoms with Crippen molar-refractivity contribution in [3.63, 3.8) is 0 Å². The molecule has 1 aromatic rings. The third kappa shape index (κ3) is 2.84. The van der Waals surface area contributed by atoms with Crippen molar-refractivity contribution in [2.45, 2.75) is 55.9 Å². The highest BCUT2D eigenvalue weighted by atomic mass is 79.9. The Morgan fingerprint density at radius 2 is 1.60 bits per heavy atom. The molecule has 0 radical (unpaired) electrons. The maximum absolute atomic E-state index is 6.23. The van der Waals surface area contributed by atoms with Gasteiger partial charge in [0.05, 0.1) is 0 Å². The van der Waals surface area contributed by atoms with Gasteiger partial charge in [0.15, 0.2) is 0 Å². The monoisotopic (exact) mass is 376 g/mol.